The van der Waals surface area contributed by atoms with E-state index in [1.165, 1.54) is 5.56 Å². The number of carbonyl (C=O) groups excluding carboxylic acids is 1. The number of aromatic amines is 1. The van der Waals surface area contributed by atoms with Gasteiger partial charge in [-0.25, -0.2) is 0 Å². The number of rotatable bonds is 5. The number of hydrogen-bond acceptors (Lipinski definition) is 3. The number of amides is 1. The maximum atomic E-state index is 13.5. The molecule has 5 nitrogen and oxygen atoms in total. The Bertz CT molecular complexity index is 1280. The minimum Gasteiger partial charge on any atom is -0.497 e. The maximum Gasteiger partial charge on any atom is 0.273 e. The molecule has 6 heteroatoms. The summed E-state index contributed by atoms with van der Waals surface area (Å²) in [6, 6.07) is 24.0. The highest BCUT2D eigenvalue weighted by molar-refractivity contribution is 9.10. The van der Waals surface area contributed by atoms with E-state index in [1.807, 2.05) is 41.3 Å². The first kappa shape index (κ1) is 20.5. The monoisotopic (exact) mass is 487 g/mol. The molecule has 0 saturated carbocycles. The Hall–Kier alpha value is -3.38. The second-order valence-corrected chi connectivity index (χ2v) is 8.88. The molecular weight excluding hydrogens is 466 g/mol. The molecule has 0 saturated heterocycles. The SMILES string of the molecule is COc1ccc(-c2n[nH]c3c2C(c2cccc(Br)c2)N(Cc2ccc(C)cc2)C3=O)cc1. The number of nitrogens with zero attached hydrogens (tertiary/aromatic N) is 2. The van der Waals surface area contributed by atoms with Gasteiger partial charge in [0.2, 0.25) is 0 Å². The van der Waals surface area contributed by atoms with E-state index < -0.39 is 0 Å². The summed E-state index contributed by atoms with van der Waals surface area (Å²) < 4.78 is 6.27. The van der Waals surface area contributed by atoms with E-state index >= 15 is 0 Å². The fourth-order valence-corrected chi connectivity index (χ4v) is 4.66. The molecule has 2 heterocycles. The second kappa shape index (κ2) is 8.28. The minimum atomic E-state index is -0.243. The van der Waals surface area contributed by atoms with Gasteiger partial charge in [-0.2, -0.15) is 5.10 Å². The van der Waals surface area contributed by atoms with Crippen molar-refractivity contribution >= 4 is 21.8 Å². The predicted molar refractivity (Wildman–Crippen MR) is 128 cm³/mol. The van der Waals surface area contributed by atoms with Crippen molar-refractivity contribution in [3.8, 4) is 17.0 Å². The van der Waals surface area contributed by atoms with Crippen LogP contribution in [-0.2, 0) is 6.54 Å². The molecule has 1 atom stereocenters. The highest BCUT2D eigenvalue weighted by atomic mass is 79.9. The zero-order valence-electron chi connectivity index (χ0n) is 17.8. The zero-order chi connectivity index (χ0) is 22.2. The second-order valence-electron chi connectivity index (χ2n) is 7.97. The maximum absolute atomic E-state index is 13.5. The Morgan fingerprint density at radius 1 is 1.06 bits per heavy atom. The van der Waals surface area contributed by atoms with Crippen molar-refractivity contribution in [2.75, 3.05) is 7.11 Å². The molecule has 160 valence electrons. The molecule has 0 bridgehead atoms. The molecule has 0 radical (unpaired) electrons. The van der Waals surface area contributed by atoms with Gasteiger partial charge in [-0.15, -0.1) is 0 Å². The molecule has 0 spiro atoms. The first-order valence-corrected chi connectivity index (χ1v) is 11.2. The average Bonchev–Trinajstić information content (AvgIpc) is 3.35. The van der Waals surface area contributed by atoms with Crippen LogP contribution in [0.4, 0.5) is 0 Å². The Morgan fingerprint density at radius 3 is 2.50 bits per heavy atom. The van der Waals surface area contributed by atoms with Crippen LogP contribution in [0.1, 0.15) is 38.8 Å². The average molecular weight is 488 g/mol. The van der Waals surface area contributed by atoms with Gasteiger partial charge in [0, 0.05) is 22.1 Å². The number of fused-ring (bicyclic) bond motifs is 1. The van der Waals surface area contributed by atoms with E-state index in [9.17, 15) is 4.79 Å². The molecule has 32 heavy (non-hydrogen) atoms. The van der Waals surface area contributed by atoms with Gasteiger partial charge in [0.05, 0.1) is 18.8 Å². The lowest BCUT2D eigenvalue weighted by molar-refractivity contribution is 0.0730. The van der Waals surface area contributed by atoms with E-state index in [1.54, 1.807) is 7.11 Å². The van der Waals surface area contributed by atoms with E-state index in [2.05, 4.69) is 69.4 Å². The molecule has 5 rings (SSSR count). The minimum absolute atomic E-state index is 0.0437. The first-order valence-electron chi connectivity index (χ1n) is 10.4. The van der Waals surface area contributed by atoms with E-state index in [-0.39, 0.29) is 11.9 Å². The molecule has 0 fully saturated rings. The van der Waals surface area contributed by atoms with Crippen molar-refractivity contribution in [1.82, 2.24) is 15.1 Å². The summed E-state index contributed by atoms with van der Waals surface area (Å²) in [4.78, 5) is 15.4. The lowest BCUT2D eigenvalue weighted by Crippen LogP contribution is -2.29. The highest BCUT2D eigenvalue weighted by Gasteiger charge is 2.42. The predicted octanol–water partition coefficient (Wildman–Crippen LogP) is 5.90. The topological polar surface area (TPSA) is 58.2 Å². The van der Waals surface area contributed by atoms with Gasteiger partial charge in [-0.3, -0.25) is 9.89 Å². The fourth-order valence-electron chi connectivity index (χ4n) is 4.24. The van der Waals surface area contributed by atoms with Gasteiger partial charge in [0.1, 0.15) is 11.4 Å². The summed E-state index contributed by atoms with van der Waals surface area (Å²) in [5.41, 5.74) is 6.50. The third-order valence-electron chi connectivity index (χ3n) is 5.87. The Morgan fingerprint density at radius 2 is 1.81 bits per heavy atom. The van der Waals surface area contributed by atoms with Gasteiger partial charge in [0.15, 0.2) is 0 Å². The summed E-state index contributed by atoms with van der Waals surface area (Å²) in [5, 5.41) is 7.56. The summed E-state index contributed by atoms with van der Waals surface area (Å²) in [5.74, 6) is 0.736. The standard InChI is InChI=1S/C26H22BrN3O2/c1-16-6-8-17(9-7-16)15-30-25(19-4-3-5-20(27)14-19)22-23(28-29-24(22)26(30)31)18-10-12-21(32-2)13-11-18/h3-14,25H,15H2,1-2H3,(H,28,29). The smallest absolute Gasteiger partial charge is 0.273 e. The molecule has 4 aromatic rings. The van der Waals surface area contributed by atoms with Crippen molar-refractivity contribution in [3.05, 3.63) is 105 Å². The van der Waals surface area contributed by atoms with Gasteiger partial charge in [-0.05, 0) is 54.4 Å². The van der Waals surface area contributed by atoms with Crippen LogP contribution in [0.3, 0.4) is 0 Å². The molecule has 1 aliphatic heterocycles. The zero-order valence-corrected chi connectivity index (χ0v) is 19.4. The summed E-state index contributed by atoms with van der Waals surface area (Å²) >= 11 is 3.59. The van der Waals surface area contributed by atoms with Crippen LogP contribution in [0.2, 0.25) is 0 Å². The molecule has 3 aromatic carbocycles. The van der Waals surface area contributed by atoms with Crippen molar-refractivity contribution in [1.29, 1.82) is 0 Å². The summed E-state index contributed by atoms with van der Waals surface area (Å²) in [6.07, 6.45) is 0. The van der Waals surface area contributed by atoms with Gasteiger partial charge < -0.3 is 9.64 Å². The fraction of sp³-hybridized carbons (Fsp3) is 0.154. The lowest BCUT2D eigenvalue weighted by atomic mass is 9.96. The molecular formula is C26H22BrN3O2. The molecule has 1 N–H and O–H groups in total. The van der Waals surface area contributed by atoms with E-state index in [0.717, 1.165) is 38.2 Å². The summed E-state index contributed by atoms with van der Waals surface area (Å²) in [6.45, 7) is 2.58. The number of halogens is 1. The number of hydrogen-bond donors (Lipinski definition) is 1. The quantitative estimate of drug-likeness (QED) is 0.381. The third-order valence-corrected chi connectivity index (χ3v) is 6.36. The number of ether oxygens (including phenoxy) is 1. The van der Waals surface area contributed by atoms with Gasteiger partial charge >= 0.3 is 0 Å². The van der Waals surface area contributed by atoms with Gasteiger partial charge in [0.25, 0.3) is 5.91 Å². The molecule has 1 aliphatic rings. The molecule has 1 aromatic heterocycles. The lowest BCUT2D eigenvalue weighted by Gasteiger charge is -2.26. The van der Waals surface area contributed by atoms with Crippen LogP contribution in [0.15, 0.2) is 77.3 Å². The number of methoxy groups -OCH3 is 1. The molecule has 1 unspecified atom stereocenters. The van der Waals surface area contributed by atoms with Crippen LogP contribution in [0.25, 0.3) is 11.3 Å². The van der Waals surface area contributed by atoms with Crippen LogP contribution in [0.5, 0.6) is 5.75 Å². The van der Waals surface area contributed by atoms with Crippen LogP contribution in [0, 0.1) is 6.92 Å². The largest absolute Gasteiger partial charge is 0.497 e. The number of carbonyl (C=O) groups is 1. The van der Waals surface area contributed by atoms with Crippen LogP contribution in [-0.4, -0.2) is 28.1 Å². The van der Waals surface area contributed by atoms with Crippen molar-refractivity contribution in [3.63, 3.8) is 0 Å². The first-order chi connectivity index (χ1) is 15.5. The Balaban J connectivity index is 1.62. The Kier molecular flexibility index (Phi) is 5.31. The Labute approximate surface area is 195 Å². The number of H-pyrrole nitrogens is 1. The summed E-state index contributed by atoms with van der Waals surface area (Å²) in [7, 11) is 1.65. The number of aryl methyl sites for hydroxylation is 1. The third kappa shape index (κ3) is 3.60. The molecule has 1 amide bonds. The number of aromatic nitrogens is 2. The van der Waals surface area contributed by atoms with Crippen LogP contribution < -0.4 is 4.74 Å². The highest BCUT2D eigenvalue weighted by Crippen LogP contribution is 2.44. The number of nitrogens with one attached hydrogen (secondary N) is 1. The van der Waals surface area contributed by atoms with Crippen LogP contribution >= 0.6 is 15.9 Å². The van der Waals surface area contributed by atoms with Crippen molar-refractivity contribution in [2.45, 2.75) is 19.5 Å². The molecule has 0 aliphatic carbocycles. The van der Waals surface area contributed by atoms with Gasteiger partial charge in [-0.1, -0.05) is 57.9 Å². The number of benzene rings is 3. The van der Waals surface area contributed by atoms with E-state index in [4.69, 9.17) is 4.74 Å². The normalized spacial score (nSPS) is 15.2. The van der Waals surface area contributed by atoms with E-state index in [0.29, 0.717) is 12.2 Å². The van der Waals surface area contributed by atoms with Crippen molar-refractivity contribution < 1.29 is 9.53 Å². The van der Waals surface area contributed by atoms with Crippen molar-refractivity contribution in [2.24, 2.45) is 0 Å².